The van der Waals surface area contributed by atoms with E-state index < -0.39 is 10.0 Å². The Kier molecular flexibility index (Phi) is 5.02. The number of benzene rings is 2. The van der Waals surface area contributed by atoms with Gasteiger partial charge in [-0.3, -0.25) is 4.79 Å². The van der Waals surface area contributed by atoms with Crippen molar-refractivity contribution in [3.8, 4) is 0 Å². The number of carbonyl (C=O) groups excluding carboxylic acids is 1. The first kappa shape index (κ1) is 19.4. The number of para-hydroxylation sites is 1. The van der Waals surface area contributed by atoms with Gasteiger partial charge in [0.2, 0.25) is 5.91 Å². The molecule has 1 amide bonds. The van der Waals surface area contributed by atoms with Crippen LogP contribution in [0.4, 0.5) is 5.69 Å². The minimum Gasteiger partial charge on any atom is -0.326 e. The van der Waals surface area contributed by atoms with Gasteiger partial charge in [0.05, 0.1) is 10.4 Å². The highest BCUT2D eigenvalue weighted by Gasteiger charge is 2.23. The van der Waals surface area contributed by atoms with Crippen LogP contribution in [0.15, 0.2) is 65.7 Å². The average molecular weight is 410 g/mol. The summed E-state index contributed by atoms with van der Waals surface area (Å²) in [5.74, 6) is -0.201. The number of rotatable bonds is 4. The maximum Gasteiger partial charge on any atom is 0.268 e. The molecule has 2 aromatic carbocycles. The number of aromatic nitrogens is 1. The molecule has 0 aliphatic carbocycles. The van der Waals surface area contributed by atoms with Gasteiger partial charge in [0.25, 0.3) is 10.0 Å². The molecular weight excluding hydrogens is 386 g/mol. The summed E-state index contributed by atoms with van der Waals surface area (Å²) in [6.45, 7) is 3.21. The Morgan fingerprint density at radius 1 is 1.07 bits per heavy atom. The molecule has 1 aliphatic rings. The van der Waals surface area contributed by atoms with Gasteiger partial charge in [-0.05, 0) is 49.4 Å². The van der Waals surface area contributed by atoms with E-state index >= 15 is 0 Å². The maximum atomic E-state index is 13.4. The van der Waals surface area contributed by atoms with E-state index in [1.54, 1.807) is 18.3 Å². The van der Waals surface area contributed by atoms with Gasteiger partial charge < -0.3 is 10.2 Å². The second-order valence-electron chi connectivity index (χ2n) is 7.31. The van der Waals surface area contributed by atoms with E-state index in [-0.39, 0.29) is 10.8 Å². The van der Waals surface area contributed by atoms with Gasteiger partial charge >= 0.3 is 0 Å². The molecule has 29 heavy (non-hydrogen) atoms. The van der Waals surface area contributed by atoms with Gasteiger partial charge in [-0.15, -0.1) is 0 Å². The van der Waals surface area contributed by atoms with Crippen molar-refractivity contribution in [2.24, 2.45) is 0 Å². The molecule has 1 aliphatic heterocycles. The zero-order valence-electron chi connectivity index (χ0n) is 16.4. The zero-order chi connectivity index (χ0) is 20.6. The highest BCUT2D eigenvalue weighted by molar-refractivity contribution is 7.90. The molecule has 7 heteroatoms. The summed E-state index contributed by atoms with van der Waals surface area (Å²) in [7, 11) is -1.70. The van der Waals surface area contributed by atoms with Crippen LogP contribution in [0.5, 0.6) is 0 Å². The molecule has 0 fully saturated rings. The van der Waals surface area contributed by atoms with Crippen LogP contribution in [0.2, 0.25) is 0 Å². The molecule has 150 valence electrons. The van der Waals surface area contributed by atoms with E-state index in [4.69, 9.17) is 0 Å². The Balaban J connectivity index is 1.80. The summed E-state index contributed by atoms with van der Waals surface area (Å²) in [5, 5.41) is 3.58. The highest BCUT2D eigenvalue weighted by Crippen LogP contribution is 2.33. The van der Waals surface area contributed by atoms with Crippen molar-refractivity contribution in [3.05, 3.63) is 66.4 Å². The number of amides is 1. The third-order valence-electron chi connectivity index (χ3n) is 5.17. The monoisotopic (exact) mass is 409 g/mol. The summed E-state index contributed by atoms with van der Waals surface area (Å²) in [4.78, 5) is 13.6. The Bertz CT molecular complexity index is 1210. The van der Waals surface area contributed by atoms with Crippen molar-refractivity contribution < 1.29 is 13.2 Å². The second kappa shape index (κ2) is 7.50. The highest BCUT2D eigenvalue weighted by atomic mass is 32.2. The van der Waals surface area contributed by atoms with E-state index in [1.165, 1.54) is 28.6 Å². The lowest BCUT2D eigenvalue weighted by atomic mass is 9.99. The quantitative estimate of drug-likeness (QED) is 0.715. The molecule has 1 aromatic heterocycles. The van der Waals surface area contributed by atoms with Crippen molar-refractivity contribution in [2.75, 3.05) is 25.5 Å². The Morgan fingerprint density at radius 2 is 1.79 bits per heavy atom. The number of hydrogen-bond acceptors (Lipinski definition) is 4. The van der Waals surface area contributed by atoms with Crippen molar-refractivity contribution in [2.45, 2.75) is 18.2 Å². The topological polar surface area (TPSA) is 71.4 Å². The molecular formula is C22H23N3O3S. The molecule has 0 unspecified atom stereocenters. The van der Waals surface area contributed by atoms with Crippen LogP contribution in [0.25, 0.3) is 16.5 Å². The van der Waals surface area contributed by atoms with Crippen LogP contribution in [0.1, 0.15) is 18.9 Å². The van der Waals surface area contributed by atoms with E-state index in [2.05, 4.69) is 23.3 Å². The summed E-state index contributed by atoms with van der Waals surface area (Å²) in [5.41, 5.74) is 3.36. The maximum absolute atomic E-state index is 13.4. The molecule has 0 spiro atoms. The standard InChI is InChI=1S/C22H23N3O3S/c1-16(26)23-18-7-9-19(10-8-18)29(27,28)25-15-21(17-11-13-24(2)14-12-17)20-5-3-4-6-22(20)25/h3-11,15H,12-14H2,1-2H3,(H,23,26). The lowest BCUT2D eigenvalue weighted by molar-refractivity contribution is -0.114. The lowest BCUT2D eigenvalue weighted by Crippen LogP contribution is -2.23. The summed E-state index contributed by atoms with van der Waals surface area (Å²) >= 11 is 0. The van der Waals surface area contributed by atoms with Gasteiger partial charge in [-0.2, -0.15) is 0 Å². The van der Waals surface area contributed by atoms with E-state index in [1.807, 2.05) is 24.3 Å². The van der Waals surface area contributed by atoms with Gasteiger partial charge in [-0.25, -0.2) is 12.4 Å². The molecule has 4 rings (SSSR count). The van der Waals surface area contributed by atoms with E-state index in [0.717, 1.165) is 30.5 Å². The van der Waals surface area contributed by atoms with Crippen molar-refractivity contribution in [1.29, 1.82) is 0 Å². The van der Waals surface area contributed by atoms with Gasteiger partial charge in [0, 0.05) is 42.8 Å². The average Bonchev–Trinajstić information content (AvgIpc) is 3.09. The second-order valence-corrected chi connectivity index (χ2v) is 9.12. The third kappa shape index (κ3) is 3.71. The zero-order valence-corrected chi connectivity index (χ0v) is 17.2. The Hall–Kier alpha value is -2.90. The minimum absolute atomic E-state index is 0.177. The fraction of sp³-hybridized carbons (Fsp3) is 0.227. The number of nitrogens with zero attached hydrogens (tertiary/aromatic N) is 2. The smallest absolute Gasteiger partial charge is 0.268 e. The summed E-state index contributed by atoms with van der Waals surface area (Å²) in [6, 6.07) is 13.8. The Labute approximate surface area is 170 Å². The number of hydrogen-bond donors (Lipinski definition) is 1. The van der Waals surface area contributed by atoms with Crippen molar-refractivity contribution >= 4 is 38.1 Å². The van der Waals surface area contributed by atoms with E-state index in [0.29, 0.717) is 11.2 Å². The first-order chi connectivity index (χ1) is 13.9. The van der Waals surface area contributed by atoms with Gasteiger partial charge in [-0.1, -0.05) is 24.3 Å². The van der Waals surface area contributed by atoms with Crippen LogP contribution in [0, 0.1) is 0 Å². The molecule has 0 saturated heterocycles. The molecule has 1 N–H and O–H groups in total. The van der Waals surface area contributed by atoms with Crippen molar-refractivity contribution in [3.63, 3.8) is 0 Å². The number of likely N-dealkylation sites (N-methyl/N-ethyl adjacent to an activating group) is 1. The first-order valence-electron chi connectivity index (χ1n) is 9.47. The Morgan fingerprint density at radius 3 is 2.45 bits per heavy atom. The van der Waals surface area contributed by atoms with Crippen LogP contribution in [-0.2, 0) is 14.8 Å². The molecule has 3 aromatic rings. The third-order valence-corrected chi connectivity index (χ3v) is 6.86. The minimum atomic E-state index is -3.77. The van der Waals surface area contributed by atoms with Gasteiger partial charge in [0.1, 0.15) is 0 Å². The number of fused-ring (bicyclic) bond motifs is 1. The van der Waals surface area contributed by atoms with Crippen LogP contribution in [0.3, 0.4) is 0 Å². The normalized spacial score (nSPS) is 15.3. The largest absolute Gasteiger partial charge is 0.326 e. The predicted molar refractivity (Wildman–Crippen MR) is 115 cm³/mol. The fourth-order valence-corrected chi connectivity index (χ4v) is 5.02. The van der Waals surface area contributed by atoms with E-state index in [9.17, 15) is 13.2 Å². The molecule has 0 bridgehead atoms. The molecule has 0 radical (unpaired) electrons. The molecule has 0 saturated carbocycles. The van der Waals surface area contributed by atoms with Crippen LogP contribution < -0.4 is 5.32 Å². The predicted octanol–water partition coefficient (Wildman–Crippen LogP) is 3.56. The van der Waals surface area contributed by atoms with Gasteiger partial charge in [0.15, 0.2) is 0 Å². The van der Waals surface area contributed by atoms with Crippen LogP contribution >= 0.6 is 0 Å². The molecule has 2 heterocycles. The lowest BCUT2D eigenvalue weighted by Gasteiger charge is -2.21. The molecule has 6 nitrogen and oxygen atoms in total. The number of anilines is 1. The fourth-order valence-electron chi connectivity index (χ4n) is 3.65. The number of nitrogens with one attached hydrogen (secondary N) is 1. The van der Waals surface area contributed by atoms with Crippen molar-refractivity contribution in [1.82, 2.24) is 8.87 Å². The first-order valence-corrected chi connectivity index (χ1v) is 10.9. The SMILES string of the molecule is CC(=O)Nc1ccc(S(=O)(=O)n2cc(C3=CCN(C)CC3)c3ccccc32)cc1. The summed E-state index contributed by atoms with van der Waals surface area (Å²) < 4.78 is 28.1. The van der Waals surface area contributed by atoms with Crippen LogP contribution in [-0.4, -0.2) is 43.3 Å². The molecule has 0 atom stereocenters. The number of carbonyl (C=O) groups is 1. The summed E-state index contributed by atoms with van der Waals surface area (Å²) in [6.07, 6.45) is 4.79.